The standard InChI is InChI=1S/C18H16N2O4/c1-23-17(22)10-9-16(21)19-13-6-4-5-12(11-13)18-20-14-7-2-3-8-15(14)24-18/h2-8,11H,9-10H2,1H3,(H,19,21). The minimum Gasteiger partial charge on any atom is -0.469 e. The van der Waals surface area contributed by atoms with Crippen molar-refractivity contribution in [2.24, 2.45) is 0 Å². The molecule has 1 amide bonds. The lowest BCUT2D eigenvalue weighted by Gasteiger charge is -2.05. The number of amides is 1. The van der Waals surface area contributed by atoms with E-state index in [2.05, 4.69) is 15.0 Å². The van der Waals surface area contributed by atoms with E-state index in [1.54, 1.807) is 18.2 Å². The van der Waals surface area contributed by atoms with Crippen molar-refractivity contribution in [1.29, 1.82) is 0 Å². The highest BCUT2D eigenvalue weighted by atomic mass is 16.5. The van der Waals surface area contributed by atoms with E-state index in [0.29, 0.717) is 17.2 Å². The highest BCUT2D eigenvalue weighted by Crippen LogP contribution is 2.26. The van der Waals surface area contributed by atoms with Crippen molar-refractivity contribution in [1.82, 2.24) is 4.98 Å². The number of para-hydroxylation sites is 2. The number of benzene rings is 2. The molecule has 0 saturated heterocycles. The first-order valence-corrected chi connectivity index (χ1v) is 7.48. The number of esters is 1. The van der Waals surface area contributed by atoms with Crippen LogP contribution in [0.15, 0.2) is 52.9 Å². The van der Waals surface area contributed by atoms with Gasteiger partial charge in [-0.05, 0) is 30.3 Å². The lowest BCUT2D eigenvalue weighted by Crippen LogP contribution is -2.13. The zero-order chi connectivity index (χ0) is 16.9. The second-order valence-electron chi connectivity index (χ2n) is 5.19. The maximum atomic E-state index is 11.9. The molecule has 0 atom stereocenters. The van der Waals surface area contributed by atoms with Gasteiger partial charge in [-0.2, -0.15) is 0 Å². The molecule has 1 N–H and O–H groups in total. The molecule has 6 nitrogen and oxygen atoms in total. The Morgan fingerprint density at radius 2 is 1.96 bits per heavy atom. The van der Waals surface area contributed by atoms with Gasteiger partial charge in [0.2, 0.25) is 11.8 Å². The maximum absolute atomic E-state index is 11.9. The molecule has 122 valence electrons. The van der Waals surface area contributed by atoms with Crippen molar-refractivity contribution >= 4 is 28.7 Å². The molecular weight excluding hydrogens is 308 g/mol. The van der Waals surface area contributed by atoms with Crippen LogP contribution >= 0.6 is 0 Å². The van der Waals surface area contributed by atoms with Crippen molar-refractivity contribution in [3.05, 3.63) is 48.5 Å². The van der Waals surface area contributed by atoms with Crippen LogP contribution < -0.4 is 5.32 Å². The topological polar surface area (TPSA) is 81.4 Å². The van der Waals surface area contributed by atoms with Crippen LogP contribution in [0.2, 0.25) is 0 Å². The fourth-order valence-corrected chi connectivity index (χ4v) is 2.27. The molecule has 2 aromatic carbocycles. The van der Waals surface area contributed by atoms with Crippen molar-refractivity contribution in [2.75, 3.05) is 12.4 Å². The van der Waals surface area contributed by atoms with Gasteiger partial charge in [-0.25, -0.2) is 4.98 Å². The molecule has 0 spiro atoms. The molecule has 0 unspecified atom stereocenters. The van der Waals surface area contributed by atoms with E-state index in [0.717, 1.165) is 11.1 Å². The van der Waals surface area contributed by atoms with E-state index in [1.807, 2.05) is 30.3 Å². The fourth-order valence-electron chi connectivity index (χ4n) is 2.27. The molecule has 1 aromatic heterocycles. The minimum absolute atomic E-state index is 0.0488. The normalized spacial score (nSPS) is 10.5. The number of anilines is 1. The van der Waals surface area contributed by atoms with Gasteiger partial charge >= 0.3 is 5.97 Å². The number of carbonyl (C=O) groups excluding carboxylic acids is 2. The molecule has 1 heterocycles. The number of ether oxygens (including phenoxy) is 1. The molecule has 0 aliphatic carbocycles. The van der Waals surface area contributed by atoms with Gasteiger partial charge in [0.25, 0.3) is 0 Å². The number of methoxy groups -OCH3 is 1. The Balaban J connectivity index is 1.74. The van der Waals surface area contributed by atoms with Crippen LogP contribution in [0.4, 0.5) is 5.69 Å². The van der Waals surface area contributed by atoms with Crippen LogP contribution in [0.25, 0.3) is 22.6 Å². The van der Waals surface area contributed by atoms with Gasteiger partial charge in [-0.1, -0.05) is 18.2 Å². The zero-order valence-electron chi connectivity index (χ0n) is 13.1. The summed E-state index contributed by atoms with van der Waals surface area (Å²) >= 11 is 0. The molecule has 0 radical (unpaired) electrons. The summed E-state index contributed by atoms with van der Waals surface area (Å²) in [5, 5.41) is 2.75. The first-order valence-electron chi connectivity index (χ1n) is 7.48. The van der Waals surface area contributed by atoms with Gasteiger partial charge in [0.1, 0.15) is 5.52 Å². The summed E-state index contributed by atoms with van der Waals surface area (Å²) < 4.78 is 10.2. The summed E-state index contributed by atoms with van der Waals surface area (Å²) in [7, 11) is 1.30. The van der Waals surface area contributed by atoms with Crippen LogP contribution in [0.3, 0.4) is 0 Å². The lowest BCUT2D eigenvalue weighted by molar-refractivity contribution is -0.141. The van der Waals surface area contributed by atoms with Crippen molar-refractivity contribution in [3.63, 3.8) is 0 Å². The van der Waals surface area contributed by atoms with E-state index in [-0.39, 0.29) is 18.7 Å². The van der Waals surface area contributed by atoms with Crippen molar-refractivity contribution in [2.45, 2.75) is 12.8 Å². The number of fused-ring (bicyclic) bond motifs is 1. The Kier molecular flexibility index (Phi) is 4.56. The van der Waals surface area contributed by atoms with E-state index in [9.17, 15) is 9.59 Å². The molecule has 0 fully saturated rings. The number of oxazole rings is 1. The van der Waals surface area contributed by atoms with E-state index < -0.39 is 5.97 Å². The first-order chi connectivity index (χ1) is 11.7. The van der Waals surface area contributed by atoms with Crippen LogP contribution in [0, 0.1) is 0 Å². The minimum atomic E-state index is -0.412. The van der Waals surface area contributed by atoms with Gasteiger partial charge < -0.3 is 14.5 Å². The molecule has 0 saturated carbocycles. The predicted molar refractivity (Wildman–Crippen MR) is 89.3 cm³/mol. The van der Waals surface area contributed by atoms with E-state index in [4.69, 9.17) is 4.42 Å². The summed E-state index contributed by atoms with van der Waals surface area (Å²) in [5.41, 5.74) is 2.86. The Labute approximate surface area is 138 Å². The molecular formula is C18H16N2O4. The molecule has 0 aliphatic rings. The van der Waals surface area contributed by atoms with Crippen molar-refractivity contribution < 1.29 is 18.7 Å². The molecule has 3 rings (SSSR count). The summed E-state index contributed by atoms with van der Waals surface area (Å²) in [6.07, 6.45) is 0.118. The number of hydrogen-bond acceptors (Lipinski definition) is 5. The SMILES string of the molecule is COC(=O)CCC(=O)Nc1cccc(-c2nc3ccccc3o2)c1. The quantitative estimate of drug-likeness (QED) is 0.728. The molecule has 3 aromatic rings. The van der Waals surface area contributed by atoms with E-state index in [1.165, 1.54) is 7.11 Å². The highest BCUT2D eigenvalue weighted by molar-refractivity contribution is 5.93. The Bertz CT molecular complexity index is 852. The molecule has 6 heteroatoms. The predicted octanol–water partition coefficient (Wildman–Crippen LogP) is 3.39. The van der Waals surface area contributed by atoms with Gasteiger partial charge in [0.05, 0.1) is 13.5 Å². The zero-order valence-corrected chi connectivity index (χ0v) is 13.1. The van der Waals surface area contributed by atoms with Gasteiger partial charge in [-0.3, -0.25) is 9.59 Å². The number of aromatic nitrogens is 1. The maximum Gasteiger partial charge on any atom is 0.306 e. The Hall–Kier alpha value is -3.15. The molecule has 24 heavy (non-hydrogen) atoms. The highest BCUT2D eigenvalue weighted by Gasteiger charge is 2.10. The Morgan fingerprint density at radius 3 is 2.75 bits per heavy atom. The number of carbonyl (C=O) groups is 2. The third kappa shape index (κ3) is 3.60. The van der Waals surface area contributed by atoms with Crippen molar-refractivity contribution in [3.8, 4) is 11.5 Å². The average Bonchev–Trinajstić information content (AvgIpc) is 3.04. The third-order valence-electron chi connectivity index (χ3n) is 3.47. The monoisotopic (exact) mass is 324 g/mol. The molecule has 0 bridgehead atoms. The van der Waals surface area contributed by atoms with Crippen LogP contribution in [-0.2, 0) is 14.3 Å². The number of hydrogen-bond donors (Lipinski definition) is 1. The van der Waals surface area contributed by atoms with Gasteiger partial charge in [-0.15, -0.1) is 0 Å². The Morgan fingerprint density at radius 1 is 1.12 bits per heavy atom. The largest absolute Gasteiger partial charge is 0.469 e. The van der Waals surface area contributed by atoms with E-state index >= 15 is 0 Å². The lowest BCUT2D eigenvalue weighted by atomic mass is 10.2. The summed E-state index contributed by atoms with van der Waals surface area (Å²) in [6, 6.07) is 14.7. The van der Waals surface area contributed by atoms with Gasteiger partial charge in [0, 0.05) is 17.7 Å². The smallest absolute Gasteiger partial charge is 0.306 e. The third-order valence-corrected chi connectivity index (χ3v) is 3.47. The van der Waals surface area contributed by atoms with Crippen LogP contribution in [0.1, 0.15) is 12.8 Å². The number of nitrogens with zero attached hydrogens (tertiary/aromatic N) is 1. The average molecular weight is 324 g/mol. The first kappa shape index (κ1) is 15.7. The number of rotatable bonds is 5. The summed E-state index contributed by atoms with van der Waals surface area (Å²) in [6.45, 7) is 0. The van der Waals surface area contributed by atoms with Crippen LogP contribution in [0.5, 0.6) is 0 Å². The summed E-state index contributed by atoms with van der Waals surface area (Å²) in [4.78, 5) is 27.4. The second-order valence-corrected chi connectivity index (χ2v) is 5.19. The van der Waals surface area contributed by atoms with Gasteiger partial charge in [0.15, 0.2) is 5.58 Å². The van der Waals surface area contributed by atoms with Crippen LogP contribution in [-0.4, -0.2) is 24.0 Å². The second kappa shape index (κ2) is 6.95. The fraction of sp³-hybridized carbons (Fsp3) is 0.167. The molecule has 0 aliphatic heterocycles. The number of nitrogens with one attached hydrogen (secondary N) is 1. The summed E-state index contributed by atoms with van der Waals surface area (Å²) in [5.74, 6) is -0.178.